The summed E-state index contributed by atoms with van der Waals surface area (Å²) in [6.07, 6.45) is -4.71. The predicted molar refractivity (Wildman–Crippen MR) is 76.3 cm³/mol. The number of benzene rings is 2. The van der Waals surface area contributed by atoms with E-state index in [1.54, 1.807) is 18.2 Å². The van der Waals surface area contributed by atoms with Gasteiger partial charge in [0.15, 0.2) is 0 Å². The number of nitrogens with one attached hydrogen (secondary N) is 1. The van der Waals surface area contributed by atoms with E-state index in [0.29, 0.717) is 22.7 Å². The summed E-state index contributed by atoms with van der Waals surface area (Å²) in [5, 5.41) is 3.48. The van der Waals surface area contributed by atoms with Crippen LogP contribution in [0.1, 0.15) is 5.56 Å². The second-order valence-electron chi connectivity index (χ2n) is 4.42. The van der Waals surface area contributed by atoms with Crippen molar-refractivity contribution in [1.82, 2.24) is 5.32 Å². The average Bonchev–Trinajstić information content (AvgIpc) is 2.37. The van der Waals surface area contributed by atoms with E-state index in [2.05, 4.69) is 10.1 Å². The zero-order valence-corrected chi connectivity index (χ0v) is 11.9. The second-order valence-corrected chi connectivity index (χ2v) is 4.83. The summed E-state index contributed by atoms with van der Waals surface area (Å²) < 4.78 is 40.6. The summed E-state index contributed by atoms with van der Waals surface area (Å²) in [6.45, 7) is 0.664. The van der Waals surface area contributed by atoms with Gasteiger partial charge in [-0.25, -0.2) is 0 Å². The van der Waals surface area contributed by atoms with E-state index in [4.69, 9.17) is 11.6 Å². The summed E-state index contributed by atoms with van der Waals surface area (Å²) in [7, 11) is 1.82. The molecule has 0 unspecified atom stereocenters. The lowest BCUT2D eigenvalue weighted by Crippen LogP contribution is -2.17. The van der Waals surface area contributed by atoms with E-state index in [9.17, 15) is 13.2 Å². The number of halogens is 4. The third-order valence-corrected chi connectivity index (χ3v) is 3.11. The van der Waals surface area contributed by atoms with Crippen LogP contribution >= 0.6 is 11.6 Å². The highest BCUT2D eigenvalue weighted by atomic mass is 35.5. The second kappa shape index (κ2) is 6.37. The number of hydrogen-bond donors (Lipinski definition) is 1. The first-order chi connectivity index (χ1) is 9.89. The first-order valence-corrected chi connectivity index (χ1v) is 6.56. The highest BCUT2D eigenvalue weighted by Crippen LogP contribution is 2.32. The number of ether oxygens (including phenoxy) is 1. The molecule has 0 radical (unpaired) electrons. The van der Waals surface area contributed by atoms with Crippen LogP contribution < -0.4 is 10.1 Å². The molecule has 0 bridgehead atoms. The number of hydrogen-bond acceptors (Lipinski definition) is 2. The van der Waals surface area contributed by atoms with Gasteiger partial charge in [-0.1, -0.05) is 35.9 Å². The molecule has 2 aromatic carbocycles. The summed E-state index contributed by atoms with van der Waals surface area (Å²) in [4.78, 5) is 0. The Labute approximate surface area is 125 Å². The Balaban J connectivity index is 2.32. The van der Waals surface area contributed by atoms with Gasteiger partial charge in [0.1, 0.15) is 5.75 Å². The molecule has 112 valence electrons. The lowest BCUT2D eigenvalue weighted by molar-refractivity contribution is -0.274. The number of alkyl halides is 3. The van der Waals surface area contributed by atoms with Crippen LogP contribution in [0.2, 0.25) is 5.02 Å². The molecule has 0 aliphatic heterocycles. The first kappa shape index (κ1) is 15.7. The molecule has 0 aliphatic carbocycles. The van der Waals surface area contributed by atoms with Crippen LogP contribution in [0, 0.1) is 0 Å². The monoisotopic (exact) mass is 315 g/mol. The van der Waals surface area contributed by atoms with Crippen LogP contribution in [0.4, 0.5) is 13.2 Å². The summed E-state index contributed by atoms with van der Waals surface area (Å²) in [5.41, 5.74) is 2.22. The van der Waals surface area contributed by atoms with Gasteiger partial charge in [-0.3, -0.25) is 0 Å². The highest BCUT2D eigenvalue weighted by molar-refractivity contribution is 6.33. The van der Waals surface area contributed by atoms with Gasteiger partial charge < -0.3 is 10.1 Å². The fraction of sp³-hybridized carbons (Fsp3) is 0.200. The van der Waals surface area contributed by atoms with E-state index in [1.807, 2.05) is 13.1 Å². The van der Waals surface area contributed by atoms with Crippen molar-refractivity contribution in [2.24, 2.45) is 0 Å². The lowest BCUT2D eigenvalue weighted by atomic mass is 10.0. The topological polar surface area (TPSA) is 21.3 Å². The van der Waals surface area contributed by atoms with Gasteiger partial charge in [-0.15, -0.1) is 13.2 Å². The van der Waals surface area contributed by atoms with Gasteiger partial charge in [-0.05, 0) is 36.4 Å². The van der Waals surface area contributed by atoms with Crippen LogP contribution in [-0.2, 0) is 6.54 Å². The van der Waals surface area contributed by atoms with E-state index < -0.39 is 6.36 Å². The summed E-state index contributed by atoms with van der Waals surface area (Å²) >= 11 is 6.19. The standard InChI is InChI=1S/C15H13ClF3NO/c1-20-9-10-5-6-13(14(16)7-10)11-3-2-4-12(8-11)21-15(17,18)19/h2-8,20H,9H2,1H3. The third kappa shape index (κ3) is 4.37. The minimum Gasteiger partial charge on any atom is -0.406 e. The van der Waals surface area contributed by atoms with Crippen LogP contribution in [0.5, 0.6) is 5.75 Å². The third-order valence-electron chi connectivity index (χ3n) is 2.79. The molecule has 0 aliphatic rings. The molecule has 21 heavy (non-hydrogen) atoms. The van der Waals surface area contributed by atoms with Crippen LogP contribution in [0.3, 0.4) is 0 Å². The Kier molecular flexibility index (Phi) is 4.75. The van der Waals surface area contributed by atoms with Gasteiger partial charge in [0.25, 0.3) is 0 Å². The largest absolute Gasteiger partial charge is 0.573 e. The first-order valence-electron chi connectivity index (χ1n) is 6.18. The van der Waals surface area contributed by atoms with E-state index in [1.165, 1.54) is 18.2 Å². The van der Waals surface area contributed by atoms with Gasteiger partial charge in [0.2, 0.25) is 0 Å². The Morgan fingerprint density at radius 2 is 1.90 bits per heavy atom. The zero-order chi connectivity index (χ0) is 15.5. The van der Waals surface area contributed by atoms with Gasteiger partial charge in [0.05, 0.1) is 0 Å². The Morgan fingerprint density at radius 1 is 1.14 bits per heavy atom. The Hall–Kier alpha value is -1.72. The number of rotatable bonds is 4. The van der Waals surface area contributed by atoms with Crippen LogP contribution in [0.15, 0.2) is 42.5 Å². The van der Waals surface area contributed by atoms with Crippen molar-refractivity contribution in [2.75, 3.05) is 7.05 Å². The molecular weight excluding hydrogens is 303 g/mol. The molecule has 0 aromatic heterocycles. The van der Waals surface area contributed by atoms with Crippen molar-refractivity contribution in [1.29, 1.82) is 0 Å². The summed E-state index contributed by atoms with van der Waals surface area (Å²) in [6, 6.07) is 11.2. The fourth-order valence-electron chi connectivity index (χ4n) is 1.97. The Morgan fingerprint density at radius 3 is 2.52 bits per heavy atom. The molecule has 0 fully saturated rings. The van der Waals surface area contributed by atoms with Crippen LogP contribution in [-0.4, -0.2) is 13.4 Å². The molecule has 0 saturated carbocycles. The van der Waals surface area contributed by atoms with E-state index in [0.717, 1.165) is 5.56 Å². The lowest BCUT2D eigenvalue weighted by Gasteiger charge is -2.11. The molecule has 6 heteroatoms. The summed E-state index contributed by atoms with van der Waals surface area (Å²) in [5.74, 6) is -0.268. The minimum atomic E-state index is -4.71. The van der Waals surface area contributed by atoms with Crippen molar-refractivity contribution in [3.05, 3.63) is 53.1 Å². The molecule has 0 amide bonds. The zero-order valence-electron chi connectivity index (χ0n) is 11.2. The molecule has 0 spiro atoms. The molecule has 2 nitrogen and oxygen atoms in total. The molecule has 1 N–H and O–H groups in total. The van der Waals surface area contributed by atoms with Crippen molar-refractivity contribution < 1.29 is 17.9 Å². The smallest absolute Gasteiger partial charge is 0.406 e. The molecule has 0 heterocycles. The maximum Gasteiger partial charge on any atom is 0.573 e. The molecule has 0 atom stereocenters. The predicted octanol–water partition coefficient (Wildman–Crippen LogP) is 4.63. The minimum absolute atomic E-state index is 0.268. The van der Waals surface area contributed by atoms with Gasteiger partial charge in [0, 0.05) is 17.1 Å². The SMILES string of the molecule is CNCc1ccc(-c2cccc(OC(F)(F)F)c2)c(Cl)c1. The fourth-order valence-corrected chi connectivity index (χ4v) is 2.28. The maximum absolute atomic E-state index is 12.2. The molecule has 2 rings (SSSR count). The van der Waals surface area contributed by atoms with Crippen molar-refractivity contribution in [3.8, 4) is 16.9 Å². The van der Waals surface area contributed by atoms with E-state index in [-0.39, 0.29) is 5.75 Å². The van der Waals surface area contributed by atoms with Crippen LogP contribution in [0.25, 0.3) is 11.1 Å². The Bertz CT molecular complexity index is 629. The molecule has 0 saturated heterocycles. The maximum atomic E-state index is 12.2. The highest BCUT2D eigenvalue weighted by Gasteiger charge is 2.31. The van der Waals surface area contributed by atoms with Crippen molar-refractivity contribution in [2.45, 2.75) is 12.9 Å². The van der Waals surface area contributed by atoms with Gasteiger partial charge in [-0.2, -0.15) is 0 Å². The molecular formula is C15H13ClF3NO. The normalized spacial score (nSPS) is 11.5. The quantitative estimate of drug-likeness (QED) is 0.888. The van der Waals surface area contributed by atoms with E-state index >= 15 is 0 Å². The van der Waals surface area contributed by atoms with Gasteiger partial charge >= 0.3 is 6.36 Å². The van der Waals surface area contributed by atoms with Crippen molar-refractivity contribution in [3.63, 3.8) is 0 Å². The average molecular weight is 316 g/mol. The molecule has 2 aromatic rings. The van der Waals surface area contributed by atoms with Crippen molar-refractivity contribution >= 4 is 11.6 Å².